The molecule has 0 aliphatic heterocycles. The van der Waals surface area contributed by atoms with Gasteiger partial charge in [0.2, 0.25) is 0 Å². The number of halogens is 4. The average molecular weight is 515 g/mol. The van der Waals surface area contributed by atoms with E-state index >= 15 is 0 Å². The highest BCUT2D eigenvalue weighted by Gasteiger charge is 2.62. The molecule has 8 nitrogen and oxygen atoms in total. The van der Waals surface area contributed by atoms with E-state index in [4.69, 9.17) is 16.3 Å². The molecule has 0 unspecified atom stereocenters. The number of nitrogens with zero attached hydrogens (tertiary/aromatic N) is 4. The van der Waals surface area contributed by atoms with Gasteiger partial charge in [-0.05, 0) is 37.5 Å². The lowest BCUT2D eigenvalue weighted by atomic mass is 10.0. The predicted octanol–water partition coefficient (Wildman–Crippen LogP) is 4.69. The molecular formula is C21H22ClF3N6O2S. The summed E-state index contributed by atoms with van der Waals surface area (Å²) in [5.74, 6) is 0.502. The molecule has 2 aromatic rings. The normalized spacial score (nSPS) is 14.9. The molecule has 1 aliphatic rings. The third-order valence-electron chi connectivity index (χ3n) is 5.13. The first-order chi connectivity index (χ1) is 16.1. The molecule has 0 radical (unpaired) electrons. The van der Waals surface area contributed by atoms with Crippen LogP contribution >= 0.6 is 23.5 Å². The van der Waals surface area contributed by atoms with E-state index in [0.717, 1.165) is 11.9 Å². The second-order valence-electron chi connectivity index (χ2n) is 7.39. The Balaban J connectivity index is 1.59. The number of hydrogen-bond acceptors (Lipinski definition) is 7. The quantitative estimate of drug-likeness (QED) is 0.218. The van der Waals surface area contributed by atoms with E-state index in [1.165, 1.54) is 35.3 Å². The first-order valence-corrected chi connectivity index (χ1v) is 11.2. The van der Waals surface area contributed by atoms with Gasteiger partial charge < -0.3 is 10.1 Å². The topological polar surface area (TPSA) is 93.4 Å². The number of carbonyl (C=O) groups excluding carboxylic acids is 1. The lowest BCUT2D eigenvalue weighted by molar-refractivity contribution is -0.190. The van der Waals surface area contributed by atoms with E-state index < -0.39 is 17.5 Å². The zero-order valence-electron chi connectivity index (χ0n) is 18.2. The molecule has 0 atom stereocenters. The minimum atomic E-state index is -4.21. The summed E-state index contributed by atoms with van der Waals surface area (Å²) >= 11 is 7.12. The zero-order valence-corrected chi connectivity index (χ0v) is 19.7. The van der Waals surface area contributed by atoms with Gasteiger partial charge in [0.15, 0.2) is 11.6 Å². The Morgan fingerprint density at radius 1 is 1.44 bits per heavy atom. The summed E-state index contributed by atoms with van der Waals surface area (Å²) in [6.07, 6.45) is 0.253. The molecule has 0 saturated heterocycles. The van der Waals surface area contributed by atoms with Crippen molar-refractivity contribution in [3.8, 4) is 11.6 Å². The number of nitrogens with one attached hydrogen (secondary N) is 2. The minimum absolute atomic E-state index is 0.0638. The highest BCUT2D eigenvalue weighted by Crippen LogP contribution is 2.59. The molecule has 182 valence electrons. The Morgan fingerprint density at radius 3 is 2.76 bits per heavy atom. The van der Waals surface area contributed by atoms with Crippen LogP contribution in [0.15, 0.2) is 54.6 Å². The predicted molar refractivity (Wildman–Crippen MR) is 125 cm³/mol. The van der Waals surface area contributed by atoms with E-state index in [-0.39, 0.29) is 36.6 Å². The highest BCUT2D eigenvalue weighted by molar-refractivity contribution is 8.13. The monoisotopic (exact) mass is 514 g/mol. The van der Waals surface area contributed by atoms with Gasteiger partial charge in [-0.25, -0.2) is 14.7 Å². The molecule has 0 aromatic carbocycles. The number of aliphatic imine (C=N–C) groups is 1. The molecule has 2 N–H and O–H groups in total. The molecule has 0 spiro atoms. The summed E-state index contributed by atoms with van der Waals surface area (Å²) in [6.45, 7) is 7.23. The maximum atomic E-state index is 13.0. The number of carbonyl (C=O) groups is 1. The van der Waals surface area contributed by atoms with Gasteiger partial charge >= 0.3 is 6.18 Å². The van der Waals surface area contributed by atoms with E-state index in [1.54, 1.807) is 7.05 Å². The minimum Gasteiger partial charge on any atom is -0.490 e. The molecular weight excluding hydrogens is 493 g/mol. The van der Waals surface area contributed by atoms with Crippen molar-refractivity contribution >= 4 is 34.5 Å². The molecule has 13 heteroatoms. The molecule has 1 saturated carbocycles. The SMILES string of the molecule is C=C/C(=N\C(=C)NC)SNC(=O)c1ccc(-n2cc(OCCC3(C(F)(F)F)CC3)cn2)nc1Cl. The van der Waals surface area contributed by atoms with Crippen molar-refractivity contribution in [2.75, 3.05) is 13.7 Å². The zero-order chi connectivity index (χ0) is 24.9. The number of hydrogen-bond donors (Lipinski definition) is 2. The van der Waals surface area contributed by atoms with Gasteiger partial charge in [-0.2, -0.15) is 18.3 Å². The molecule has 0 bridgehead atoms. The molecule has 1 aliphatic carbocycles. The number of ether oxygens (including phenoxy) is 1. The maximum Gasteiger partial charge on any atom is 0.394 e. The first kappa shape index (κ1) is 25.6. The largest absolute Gasteiger partial charge is 0.490 e. The van der Waals surface area contributed by atoms with Gasteiger partial charge in [-0.1, -0.05) is 24.8 Å². The molecule has 3 rings (SSSR count). The highest BCUT2D eigenvalue weighted by atomic mass is 35.5. The Morgan fingerprint density at radius 2 is 2.18 bits per heavy atom. The van der Waals surface area contributed by atoms with Gasteiger partial charge in [-0.15, -0.1) is 0 Å². The Bertz CT molecular complexity index is 1110. The van der Waals surface area contributed by atoms with Crippen LogP contribution in [0.4, 0.5) is 13.2 Å². The van der Waals surface area contributed by atoms with Crippen molar-refractivity contribution in [3.05, 3.63) is 60.3 Å². The summed E-state index contributed by atoms with van der Waals surface area (Å²) in [4.78, 5) is 20.7. The fourth-order valence-corrected chi connectivity index (χ4v) is 3.65. The fourth-order valence-electron chi connectivity index (χ4n) is 2.87. The van der Waals surface area contributed by atoms with Crippen LogP contribution in [-0.4, -0.2) is 45.5 Å². The van der Waals surface area contributed by atoms with Gasteiger partial charge in [-0.3, -0.25) is 9.52 Å². The smallest absolute Gasteiger partial charge is 0.394 e. The van der Waals surface area contributed by atoms with Crippen LogP contribution < -0.4 is 14.8 Å². The van der Waals surface area contributed by atoms with E-state index in [2.05, 4.69) is 38.3 Å². The van der Waals surface area contributed by atoms with Crippen molar-refractivity contribution < 1.29 is 22.7 Å². The van der Waals surface area contributed by atoms with Crippen LogP contribution in [0.25, 0.3) is 5.82 Å². The number of pyridine rings is 1. The second kappa shape index (κ2) is 10.5. The van der Waals surface area contributed by atoms with E-state index in [0.29, 0.717) is 22.4 Å². The van der Waals surface area contributed by atoms with Crippen molar-refractivity contribution in [1.82, 2.24) is 24.8 Å². The standard InChI is InChI=1S/C21H22ClF3N6O2S/c1-4-17(28-13(2)26-3)34-30-19(32)15-5-6-16(29-18(15)22)31-12-14(11-27-31)33-10-9-20(7-8-20)21(23,24)25/h4-6,11-12,26H,1-2,7-10H2,3H3,(H,30,32)/b28-17+. The molecule has 2 heterocycles. The lowest BCUT2D eigenvalue weighted by Gasteiger charge is -2.18. The molecule has 2 aromatic heterocycles. The number of amides is 1. The van der Waals surface area contributed by atoms with Crippen LogP contribution in [0, 0.1) is 5.41 Å². The van der Waals surface area contributed by atoms with Gasteiger partial charge in [0.1, 0.15) is 16.0 Å². The summed E-state index contributed by atoms with van der Waals surface area (Å²) in [7, 11) is 1.66. The van der Waals surface area contributed by atoms with Crippen molar-refractivity contribution in [2.24, 2.45) is 10.4 Å². The van der Waals surface area contributed by atoms with Gasteiger partial charge in [0.05, 0.1) is 30.0 Å². The van der Waals surface area contributed by atoms with Gasteiger partial charge in [0.25, 0.3) is 5.91 Å². The summed E-state index contributed by atoms with van der Waals surface area (Å²) in [5, 5.41) is 7.20. The van der Waals surface area contributed by atoms with Crippen molar-refractivity contribution in [1.29, 1.82) is 0 Å². The number of alkyl halides is 3. The summed E-state index contributed by atoms with van der Waals surface area (Å²) in [6, 6.07) is 3.00. The summed E-state index contributed by atoms with van der Waals surface area (Å²) < 4.78 is 48.4. The average Bonchev–Trinajstić information content (AvgIpc) is 3.46. The van der Waals surface area contributed by atoms with E-state index in [1.807, 2.05) is 0 Å². The van der Waals surface area contributed by atoms with Crippen LogP contribution in [0.1, 0.15) is 29.6 Å². The summed E-state index contributed by atoms with van der Waals surface area (Å²) in [5.41, 5.74) is -1.49. The van der Waals surface area contributed by atoms with Crippen molar-refractivity contribution in [3.63, 3.8) is 0 Å². The Kier molecular flexibility index (Phi) is 7.93. The van der Waals surface area contributed by atoms with Gasteiger partial charge in [0, 0.05) is 19.0 Å². The Hall–Kier alpha value is -2.99. The maximum absolute atomic E-state index is 13.0. The third kappa shape index (κ3) is 6.11. The van der Waals surface area contributed by atoms with Crippen LogP contribution in [-0.2, 0) is 0 Å². The first-order valence-electron chi connectivity index (χ1n) is 10.0. The number of aromatic nitrogens is 3. The molecule has 34 heavy (non-hydrogen) atoms. The van der Waals surface area contributed by atoms with Crippen LogP contribution in [0.5, 0.6) is 5.75 Å². The Labute approximate surface area is 203 Å². The lowest BCUT2D eigenvalue weighted by Crippen LogP contribution is -2.26. The third-order valence-corrected chi connectivity index (χ3v) is 6.18. The van der Waals surface area contributed by atoms with Crippen LogP contribution in [0.3, 0.4) is 0 Å². The fraction of sp³-hybridized carbons (Fsp3) is 0.333. The molecule has 1 fully saturated rings. The second-order valence-corrected chi connectivity index (χ2v) is 8.57. The van der Waals surface area contributed by atoms with Crippen molar-refractivity contribution in [2.45, 2.75) is 25.4 Å². The van der Waals surface area contributed by atoms with Crippen LogP contribution in [0.2, 0.25) is 5.15 Å². The number of rotatable bonds is 9. The van der Waals surface area contributed by atoms with E-state index in [9.17, 15) is 18.0 Å². The molecule has 1 amide bonds.